The van der Waals surface area contributed by atoms with Gasteiger partial charge in [0, 0.05) is 26.2 Å². The van der Waals surface area contributed by atoms with Crippen LogP contribution < -0.4 is 0 Å². The van der Waals surface area contributed by atoms with Gasteiger partial charge in [-0.25, -0.2) is 0 Å². The second-order valence-corrected chi connectivity index (χ2v) is 4.39. The Balaban J connectivity index is 2.66. The smallest absolute Gasteiger partial charge is 0.137 e. The van der Waals surface area contributed by atoms with Gasteiger partial charge >= 0.3 is 0 Å². The first-order chi connectivity index (χ1) is 5.15. The van der Waals surface area contributed by atoms with Crippen LogP contribution in [0.15, 0.2) is 12.2 Å². The maximum Gasteiger partial charge on any atom is 0.137 e. The van der Waals surface area contributed by atoms with Crippen molar-refractivity contribution >= 4 is 37.8 Å². The van der Waals surface area contributed by atoms with E-state index in [0.29, 0.717) is 12.8 Å². The number of rotatable bonds is 1. The monoisotopic (exact) mass is 284 g/mol. The highest BCUT2D eigenvalue weighted by Crippen LogP contribution is 2.29. The zero-order valence-corrected chi connectivity index (χ0v) is 9.36. The number of carbonyl (C=O) groups excluding carboxylic acids is 1. The fourth-order valence-electron chi connectivity index (χ4n) is 1.09. The summed E-state index contributed by atoms with van der Waals surface area (Å²) in [6.07, 6.45) is 1.02. The Bertz CT molecular complexity index is 193. The van der Waals surface area contributed by atoms with Crippen molar-refractivity contribution in [2.75, 3.05) is 0 Å². The average molecular weight is 284 g/mol. The molecule has 1 unspecified atom stereocenters. The van der Waals surface area contributed by atoms with Crippen molar-refractivity contribution in [3.8, 4) is 0 Å². The van der Waals surface area contributed by atoms with E-state index in [1.165, 1.54) is 0 Å². The molecule has 0 radical (unpaired) electrons. The van der Waals surface area contributed by atoms with Gasteiger partial charge in [-0.15, -0.1) is 0 Å². The summed E-state index contributed by atoms with van der Waals surface area (Å²) in [5, 5.41) is 0. The average Bonchev–Trinajstić information content (AvgIpc) is 1.96. The number of hydrogen-bond acceptors (Lipinski definition) is 2. The quantitative estimate of drug-likeness (QED) is 0.318. The Morgan fingerprint density at radius 3 is 2.82 bits per heavy atom. The van der Waals surface area contributed by atoms with Crippen LogP contribution >= 0.6 is 32.1 Å². The van der Waals surface area contributed by atoms with E-state index in [-0.39, 0.29) is 15.8 Å². The molecule has 2 nitrogen and oxygen atoms in total. The van der Waals surface area contributed by atoms with Crippen molar-refractivity contribution in [2.45, 2.75) is 22.9 Å². The molecule has 3 atom stereocenters. The molecule has 1 saturated carbocycles. The summed E-state index contributed by atoms with van der Waals surface area (Å²) in [4.78, 5) is 11.1. The third kappa shape index (κ3) is 2.23. The molecule has 11 heavy (non-hydrogen) atoms. The van der Waals surface area contributed by atoms with Crippen molar-refractivity contribution in [1.29, 1.82) is 0 Å². The summed E-state index contributed by atoms with van der Waals surface area (Å²) < 4.78 is 5.29. The minimum absolute atomic E-state index is 0.0804. The van der Waals surface area contributed by atoms with Gasteiger partial charge in [-0.3, -0.25) is 4.79 Å². The number of hydrogen-bond donors (Lipinski definition) is 0. The van der Waals surface area contributed by atoms with Crippen LogP contribution in [0.2, 0.25) is 0 Å². The summed E-state index contributed by atoms with van der Waals surface area (Å²) >= 11 is 2.23. The first-order valence-corrected chi connectivity index (χ1v) is 5.07. The van der Waals surface area contributed by atoms with Crippen molar-refractivity contribution in [1.82, 2.24) is 0 Å². The van der Waals surface area contributed by atoms with E-state index in [2.05, 4.69) is 38.6 Å². The molecule has 0 aromatic carbocycles. The van der Waals surface area contributed by atoms with E-state index < -0.39 is 0 Å². The predicted octanol–water partition coefficient (Wildman–Crippen LogP) is 1.88. The maximum absolute atomic E-state index is 11.1. The molecule has 0 aromatic rings. The van der Waals surface area contributed by atoms with E-state index >= 15 is 0 Å². The second-order valence-electron chi connectivity index (χ2n) is 2.61. The minimum Gasteiger partial charge on any atom is -0.358 e. The fraction of sp³-hybridized carbons (Fsp3) is 0.571. The summed E-state index contributed by atoms with van der Waals surface area (Å²) in [6.45, 7) is 3.88. The van der Waals surface area contributed by atoms with Gasteiger partial charge in [0.1, 0.15) is 5.78 Å². The first-order valence-electron chi connectivity index (χ1n) is 3.35. The minimum atomic E-state index is -0.0804. The lowest BCUT2D eigenvalue weighted by Crippen LogP contribution is -2.29. The topological polar surface area (TPSA) is 26.3 Å². The lowest BCUT2D eigenvalue weighted by Gasteiger charge is -2.26. The van der Waals surface area contributed by atoms with E-state index in [9.17, 15) is 4.79 Å². The Morgan fingerprint density at radius 1 is 1.64 bits per heavy atom. The van der Waals surface area contributed by atoms with Gasteiger partial charge in [0.2, 0.25) is 0 Å². The molecule has 1 aliphatic rings. The van der Waals surface area contributed by atoms with Crippen molar-refractivity contribution < 1.29 is 9.32 Å². The maximum atomic E-state index is 11.1. The van der Waals surface area contributed by atoms with Crippen LogP contribution in [0.4, 0.5) is 0 Å². The number of Topliss-reactive ketones (excluding diaryl/α,β-unsaturated/α-hetero) is 1. The number of halogens is 1. The Morgan fingerprint density at radius 2 is 2.27 bits per heavy atom. The van der Waals surface area contributed by atoms with E-state index in [1.807, 2.05) is 0 Å². The molecule has 0 heterocycles. The molecule has 0 aliphatic heterocycles. The third-order valence-electron chi connectivity index (χ3n) is 1.80. The zero-order chi connectivity index (χ0) is 8.43. The van der Waals surface area contributed by atoms with Crippen LogP contribution in [0, 0.1) is 0 Å². The van der Waals surface area contributed by atoms with Crippen LogP contribution in [0.5, 0.6) is 0 Å². The normalized spacial score (nSPS) is 32.5. The molecule has 0 amide bonds. The standard InChI is InChI=1S/C7H10IO2P/c1-4-6(8)2-5(9)3-7(4)10-11/h6-7H,1-3,11H2/t6-,7-/m1/s1. The Kier molecular flexibility index (Phi) is 3.47. The molecular weight excluding hydrogens is 274 g/mol. The zero-order valence-electron chi connectivity index (χ0n) is 6.05. The van der Waals surface area contributed by atoms with Crippen LogP contribution in [-0.2, 0) is 9.32 Å². The van der Waals surface area contributed by atoms with Gasteiger partial charge in [-0.2, -0.15) is 0 Å². The number of carbonyl (C=O) groups is 1. The summed E-state index contributed by atoms with van der Waals surface area (Å²) in [6, 6.07) is 0. The highest BCUT2D eigenvalue weighted by molar-refractivity contribution is 14.1. The highest BCUT2D eigenvalue weighted by Gasteiger charge is 2.28. The second kappa shape index (κ2) is 3.97. The summed E-state index contributed by atoms with van der Waals surface area (Å²) in [5.74, 6) is 0.268. The number of alkyl halides is 1. The van der Waals surface area contributed by atoms with Gasteiger partial charge < -0.3 is 4.52 Å². The van der Waals surface area contributed by atoms with Crippen LogP contribution in [0.3, 0.4) is 0 Å². The molecule has 0 saturated heterocycles. The molecule has 0 bridgehead atoms. The van der Waals surface area contributed by atoms with Gasteiger partial charge in [0.25, 0.3) is 0 Å². The highest BCUT2D eigenvalue weighted by atomic mass is 127. The van der Waals surface area contributed by atoms with Crippen molar-refractivity contribution in [3.05, 3.63) is 12.2 Å². The van der Waals surface area contributed by atoms with E-state index in [0.717, 1.165) is 5.57 Å². The van der Waals surface area contributed by atoms with Gasteiger partial charge in [0.15, 0.2) is 0 Å². The van der Waals surface area contributed by atoms with Gasteiger partial charge in [0.05, 0.1) is 6.10 Å². The number of ketones is 1. The molecule has 1 rings (SSSR count). The largest absolute Gasteiger partial charge is 0.358 e. The molecular formula is C7H10IO2P. The van der Waals surface area contributed by atoms with Gasteiger partial charge in [-0.05, 0) is 5.57 Å². The van der Waals surface area contributed by atoms with Crippen molar-refractivity contribution in [2.24, 2.45) is 0 Å². The Hall–Kier alpha value is 0.530. The van der Waals surface area contributed by atoms with Gasteiger partial charge in [-0.1, -0.05) is 29.2 Å². The summed E-state index contributed by atoms with van der Waals surface area (Å²) in [7, 11) is 2.19. The lowest BCUT2D eigenvalue weighted by atomic mass is 9.92. The van der Waals surface area contributed by atoms with Crippen LogP contribution in [0.1, 0.15) is 12.8 Å². The molecule has 4 heteroatoms. The van der Waals surface area contributed by atoms with E-state index in [1.54, 1.807) is 0 Å². The molecule has 0 spiro atoms. The van der Waals surface area contributed by atoms with Crippen molar-refractivity contribution in [3.63, 3.8) is 0 Å². The molecule has 1 aliphatic carbocycles. The SMILES string of the molecule is C=C1[C@H](I)CC(=O)C[C@H]1OP. The molecule has 62 valence electrons. The van der Waals surface area contributed by atoms with Crippen LogP contribution in [0.25, 0.3) is 0 Å². The third-order valence-corrected chi connectivity index (χ3v) is 3.37. The fourth-order valence-corrected chi connectivity index (χ4v) is 2.25. The Labute approximate surface area is 82.2 Å². The first kappa shape index (κ1) is 9.62. The van der Waals surface area contributed by atoms with E-state index in [4.69, 9.17) is 4.52 Å². The predicted molar refractivity (Wildman–Crippen MR) is 55.8 cm³/mol. The van der Waals surface area contributed by atoms with Crippen LogP contribution in [-0.4, -0.2) is 15.8 Å². The molecule has 0 N–H and O–H groups in total. The summed E-state index contributed by atoms with van der Waals surface area (Å²) in [5.41, 5.74) is 1.03. The lowest BCUT2D eigenvalue weighted by molar-refractivity contribution is -0.120. The molecule has 0 aromatic heterocycles. The molecule has 1 fully saturated rings.